The van der Waals surface area contributed by atoms with Gasteiger partial charge in [-0.1, -0.05) is 20.8 Å². The van der Waals surface area contributed by atoms with Crippen LogP contribution in [-0.2, 0) is 10.0 Å². The zero-order valence-electron chi connectivity index (χ0n) is 17.6. The van der Waals surface area contributed by atoms with E-state index in [2.05, 4.69) is 10.4 Å². The van der Waals surface area contributed by atoms with E-state index in [1.807, 2.05) is 38.4 Å². The largest absolute Gasteiger partial charge is 0.352 e. The summed E-state index contributed by atoms with van der Waals surface area (Å²) in [5.74, 6) is -0.0145. The van der Waals surface area contributed by atoms with Crippen LogP contribution in [0.3, 0.4) is 0 Å². The molecule has 0 unspecified atom stereocenters. The van der Waals surface area contributed by atoms with Gasteiger partial charge in [-0.2, -0.15) is 5.10 Å². The highest BCUT2D eigenvalue weighted by molar-refractivity contribution is 7.88. The molecular formula is C19H31N5O3S. The highest BCUT2D eigenvalue weighted by Crippen LogP contribution is 2.24. The normalized spacial score (nSPS) is 12.5. The average molecular weight is 410 g/mol. The van der Waals surface area contributed by atoms with E-state index >= 15 is 0 Å². The van der Waals surface area contributed by atoms with Gasteiger partial charge in [0.2, 0.25) is 10.0 Å². The lowest BCUT2D eigenvalue weighted by molar-refractivity contribution is 0.0954. The lowest BCUT2D eigenvalue weighted by atomic mass is 10.0. The van der Waals surface area contributed by atoms with Gasteiger partial charge in [0.25, 0.3) is 5.91 Å². The minimum atomic E-state index is -3.22. The number of fused-ring (bicyclic) bond motifs is 1. The van der Waals surface area contributed by atoms with Crippen molar-refractivity contribution in [1.29, 1.82) is 0 Å². The number of carbonyl (C=O) groups excluding carboxylic acids is 1. The molecule has 0 saturated carbocycles. The van der Waals surface area contributed by atoms with Gasteiger partial charge in [-0.3, -0.25) is 4.79 Å². The number of sulfonamides is 1. The van der Waals surface area contributed by atoms with Gasteiger partial charge in [-0.05, 0) is 32.3 Å². The van der Waals surface area contributed by atoms with Crippen LogP contribution in [0.25, 0.3) is 11.0 Å². The molecule has 0 saturated heterocycles. The second kappa shape index (κ2) is 9.00. The van der Waals surface area contributed by atoms with Gasteiger partial charge in [0, 0.05) is 31.4 Å². The van der Waals surface area contributed by atoms with Gasteiger partial charge < -0.3 is 5.32 Å². The highest BCUT2D eigenvalue weighted by atomic mass is 32.2. The van der Waals surface area contributed by atoms with Crippen molar-refractivity contribution in [1.82, 2.24) is 24.4 Å². The van der Waals surface area contributed by atoms with Crippen LogP contribution < -0.4 is 5.32 Å². The van der Waals surface area contributed by atoms with Crippen LogP contribution in [-0.4, -0.2) is 59.3 Å². The van der Waals surface area contributed by atoms with Crippen molar-refractivity contribution in [3.05, 3.63) is 23.5 Å². The van der Waals surface area contributed by atoms with Crippen LogP contribution in [0.2, 0.25) is 0 Å². The molecule has 0 spiro atoms. The van der Waals surface area contributed by atoms with Crippen LogP contribution in [0.1, 0.15) is 69.1 Å². The molecule has 0 aromatic carbocycles. The summed E-state index contributed by atoms with van der Waals surface area (Å²) in [6.07, 6.45) is 3.43. The average Bonchev–Trinajstić information content (AvgIpc) is 3.03. The van der Waals surface area contributed by atoms with Gasteiger partial charge in [0.05, 0.1) is 23.4 Å². The third-order valence-electron chi connectivity index (χ3n) is 4.60. The Labute approximate surface area is 167 Å². The Morgan fingerprint density at radius 1 is 1.29 bits per heavy atom. The summed E-state index contributed by atoms with van der Waals surface area (Å²) < 4.78 is 26.5. The van der Waals surface area contributed by atoms with E-state index in [9.17, 15) is 13.2 Å². The predicted octanol–water partition coefficient (Wildman–Crippen LogP) is 2.54. The zero-order valence-corrected chi connectivity index (χ0v) is 18.4. The van der Waals surface area contributed by atoms with Gasteiger partial charge in [-0.25, -0.2) is 22.4 Å². The van der Waals surface area contributed by atoms with Gasteiger partial charge in [0.15, 0.2) is 5.65 Å². The number of rotatable bonds is 9. The Kier molecular flexibility index (Phi) is 7.16. The number of carbonyl (C=O) groups is 1. The maximum Gasteiger partial charge on any atom is 0.252 e. The molecule has 2 aromatic heterocycles. The number of nitrogens with zero attached hydrogens (tertiary/aromatic N) is 4. The third-order valence-corrected chi connectivity index (χ3v) is 5.98. The molecule has 0 atom stereocenters. The zero-order chi connectivity index (χ0) is 21.1. The fourth-order valence-electron chi connectivity index (χ4n) is 3.01. The highest BCUT2D eigenvalue weighted by Gasteiger charge is 2.19. The first kappa shape index (κ1) is 22.3. The molecule has 1 N–H and O–H groups in total. The standard InChI is InChI=1S/C19H31N5O3S/c1-7-23(28(6,26)27)10-8-9-20-19(25)15-11-17(13(2)3)22-18-16(15)12-21-24(18)14(4)5/h11-14H,7-10H2,1-6H3,(H,20,25). The topological polar surface area (TPSA) is 97.2 Å². The first-order chi connectivity index (χ1) is 13.1. The quantitative estimate of drug-likeness (QED) is 0.642. The van der Waals surface area contributed by atoms with Crippen molar-refractivity contribution in [3.8, 4) is 0 Å². The first-order valence-corrected chi connectivity index (χ1v) is 11.5. The van der Waals surface area contributed by atoms with Gasteiger partial charge >= 0.3 is 0 Å². The van der Waals surface area contributed by atoms with Gasteiger partial charge in [0.1, 0.15) is 0 Å². The van der Waals surface area contributed by atoms with Crippen molar-refractivity contribution in [2.75, 3.05) is 25.9 Å². The molecular weight excluding hydrogens is 378 g/mol. The molecule has 1 amide bonds. The van der Waals surface area contributed by atoms with E-state index in [-0.39, 0.29) is 17.9 Å². The summed E-state index contributed by atoms with van der Waals surface area (Å²) in [5.41, 5.74) is 2.10. The van der Waals surface area contributed by atoms with E-state index in [0.717, 1.165) is 11.1 Å². The third kappa shape index (κ3) is 5.08. The fourth-order valence-corrected chi connectivity index (χ4v) is 3.94. The van der Waals surface area contributed by atoms with Crippen LogP contribution in [0, 0.1) is 0 Å². The summed E-state index contributed by atoms with van der Waals surface area (Å²) in [7, 11) is -3.22. The Bertz CT molecular complexity index is 934. The van der Waals surface area contributed by atoms with Crippen molar-refractivity contribution in [3.63, 3.8) is 0 Å². The molecule has 9 heteroatoms. The van der Waals surface area contributed by atoms with E-state index in [1.165, 1.54) is 10.6 Å². The maximum atomic E-state index is 12.8. The molecule has 0 aliphatic heterocycles. The summed E-state index contributed by atoms with van der Waals surface area (Å²) >= 11 is 0. The van der Waals surface area contributed by atoms with Crippen LogP contribution in [0.4, 0.5) is 0 Å². The molecule has 0 aliphatic carbocycles. The Balaban J connectivity index is 2.18. The van der Waals surface area contributed by atoms with E-state index in [1.54, 1.807) is 13.1 Å². The molecule has 2 aromatic rings. The van der Waals surface area contributed by atoms with Crippen LogP contribution in [0.5, 0.6) is 0 Å². The fraction of sp³-hybridized carbons (Fsp3) is 0.632. The predicted molar refractivity (Wildman–Crippen MR) is 111 cm³/mol. The SMILES string of the molecule is CCN(CCCNC(=O)c1cc(C(C)C)nc2c1cnn2C(C)C)S(C)(=O)=O. The van der Waals surface area contributed by atoms with Crippen LogP contribution in [0.15, 0.2) is 12.3 Å². The molecule has 156 valence electrons. The molecule has 0 fully saturated rings. The second-order valence-electron chi connectivity index (χ2n) is 7.53. The number of pyridine rings is 1. The molecule has 0 aliphatic rings. The number of aromatic nitrogens is 3. The van der Waals surface area contributed by atoms with Crippen LogP contribution >= 0.6 is 0 Å². The lowest BCUT2D eigenvalue weighted by Crippen LogP contribution is -2.33. The van der Waals surface area contributed by atoms with E-state index in [4.69, 9.17) is 4.98 Å². The van der Waals surface area contributed by atoms with Crippen molar-refractivity contribution in [2.45, 2.75) is 53.0 Å². The lowest BCUT2D eigenvalue weighted by Gasteiger charge is -2.17. The maximum absolute atomic E-state index is 12.8. The Hall–Kier alpha value is -2.00. The summed E-state index contributed by atoms with van der Waals surface area (Å²) in [5, 5.41) is 8.02. The van der Waals surface area contributed by atoms with Crippen molar-refractivity contribution >= 4 is 27.0 Å². The molecule has 8 nitrogen and oxygen atoms in total. The summed E-state index contributed by atoms with van der Waals surface area (Å²) in [4.78, 5) is 17.5. The van der Waals surface area contributed by atoms with Crippen molar-refractivity contribution in [2.24, 2.45) is 0 Å². The minimum absolute atomic E-state index is 0.138. The summed E-state index contributed by atoms with van der Waals surface area (Å²) in [6, 6.07) is 1.96. The smallest absolute Gasteiger partial charge is 0.252 e. The molecule has 0 bridgehead atoms. The van der Waals surface area contributed by atoms with Crippen molar-refractivity contribution < 1.29 is 13.2 Å². The summed E-state index contributed by atoms with van der Waals surface area (Å²) in [6.45, 7) is 11.1. The molecule has 2 heterocycles. The first-order valence-electron chi connectivity index (χ1n) is 9.67. The second-order valence-corrected chi connectivity index (χ2v) is 9.52. The Morgan fingerprint density at radius 2 is 1.96 bits per heavy atom. The van der Waals surface area contributed by atoms with E-state index in [0.29, 0.717) is 37.3 Å². The number of hydrogen-bond acceptors (Lipinski definition) is 5. The molecule has 28 heavy (non-hydrogen) atoms. The monoisotopic (exact) mass is 409 g/mol. The minimum Gasteiger partial charge on any atom is -0.352 e. The number of nitrogens with one attached hydrogen (secondary N) is 1. The molecule has 2 rings (SSSR count). The van der Waals surface area contributed by atoms with Gasteiger partial charge in [-0.15, -0.1) is 0 Å². The molecule has 0 radical (unpaired) electrons. The van der Waals surface area contributed by atoms with E-state index < -0.39 is 10.0 Å². The number of hydrogen-bond donors (Lipinski definition) is 1. The Morgan fingerprint density at radius 3 is 2.50 bits per heavy atom. The number of amides is 1.